The van der Waals surface area contributed by atoms with Gasteiger partial charge in [0.1, 0.15) is 30.1 Å². The molecule has 5 N–H and O–H groups in total. The molecule has 2 saturated heterocycles. The van der Waals surface area contributed by atoms with Gasteiger partial charge in [0.15, 0.2) is 5.69 Å². The molecule has 2 aromatic heterocycles. The number of rotatable bonds is 11. The van der Waals surface area contributed by atoms with Gasteiger partial charge in [0, 0.05) is 18.7 Å². The van der Waals surface area contributed by atoms with E-state index in [1.54, 1.807) is 4.90 Å². The van der Waals surface area contributed by atoms with Gasteiger partial charge in [-0.3, -0.25) is 14.4 Å². The smallest absolute Gasteiger partial charge is 0.407 e. The van der Waals surface area contributed by atoms with Crippen LogP contribution in [0.5, 0.6) is 0 Å². The number of nitrogens with zero attached hydrogens (tertiary/aromatic N) is 3. The van der Waals surface area contributed by atoms with Gasteiger partial charge in [-0.2, -0.15) is 0 Å². The van der Waals surface area contributed by atoms with Crippen molar-refractivity contribution < 1.29 is 33.6 Å². The number of aromatic nitrogens is 4. The third-order valence-corrected chi connectivity index (χ3v) is 16.1. The maximum absolute atomic E-state index is 14.1. The first-order chi connectivity index (χ1) is 34.8. The highest BCUT2D eigenvalue weighted by Gasteiger charge is 2.43. The van der Waals surface area contributed by atoms with Crippen LogP contribution in [-0.2, 0) is 31.9 Å². The number of likely N-dealkylation sites (tertiary alicyclic amines) is 2. The van der Waals surface area contributed by atoms with Crippen molar-refractivity contribution in [3.63, 3.8) is 0 Å². The lowest BCUT2D eigenvalue weighted by Crippen LogP contribution is -2.53. The Hall–Kier alpha value is -7.03. The topological polar surface area (TPSA) is 193 Å². The minimum atomic E-state index is -0.776. The summed E-state index contributed by atoms with van der Waals surface area (Å²) in [4.78, 5) is 85.2. The first kappa shape index (κ1) is 48.6. The van der Waals surface area contributed by atoms with E-state index in [1.165, 1.54) is 62.2 Å². The second-order valence-corrected chi connectivity index (χ2v) is 21.3. The van der Waals surface area contributed by atoms with Crippen molar-refractivity contribution in [2.45, 2.75) is 122 Å². The second kappa shape index (κ2) is 19.9. The minimum Gasteiger partial charge on any atom is -0.453 e. The Morgan fingerprint density at radius 1 is 0.681 bits per heavy atom. The van der Waals surface area contributed by atoms with Crippen LogP contribution in [-0.4, -0.2) is 88.1 Å². The molecule has 4 aliphatic rings. The molecule has 0 radical (unpaired) electrons. The zero-order valence-corrected chi connectivity index (χ0v) is 42.3. The summed E-state index contributed by atoms with van der Waals surface area (Å²) >= 11 is 0. The number of hydrogen-bond acceptors (Lipinski definition) is 8. The molecule has 1 saturated carbocycles. The number of benzene rings is 4. The first-order valence-corrected chi connectivity index (χ1v) is 25.9. The van der Waals surface area contributed by atoms with Crippen LogP contribution < -0.4 is 21.2 Å². The normalized spacial score (nSPS) is 19.3. The molecule has 10 rings (SSSR count). The molecule has 0 bridgehead atoms. The number of piperidine rings is 1. The highest BCUT2D eigenvalue weighted by molar-refractivity contribution is 6.05. The molecule has 4 amide bonds. The molecular formula is C57H67N8O7+. The fraction of sp³-hybridized carbons (Fsp3) is 0.456. The molecule has 2 aliphatic carbocycles. The van der Waals surface area contributed by atoms with Crippen molar-refractivity contribution in [1.29, 1.82) is 0 Å². The summed E-state index contributed by atoms with van der Waals surface area (Å²) in [6, 6.07) is 21.4. The van der Waals surface area contributed by atoms with Crippen molar-refractivity contribution in [2.75, 3.05) is 27.3 Å². The van der Waals surface area contributed by atoms with Gasteiger partial charge in [-0.05, 0) is 137 Å². The van der Waals surface area contributed by atoms with Gasteiger partial charge in [-0.15, -0.1) is 0 Å². The van der Waals surface area contributed by atoms with Gasteiger partial charge in [0.25, 0.3) is 11.4 Å². The summed E-state index contributed by atoms with van der Waals surface area (Å²) in [7, 11) is 2.59. The van der Waals surface area contributed by atoms with Gasteiger partial charge in [-0.1, -0.05) is 89.1 Å². The molecule has 4 aromatic carbocycles. The van der Waals surface area contributed by atoms with Crippen molar-refractivity contribution in [3.05, 3.63) is 106 Å². The van der Waals surface area contributed by atoms with Gasteiger partial charge >= 0.3 is 12.2 Å². The van der Waals surface area contributed by atoms with Gasteiger partial charge in [-0.25, -0.2) is 24.5 Å². The number of ether oxygens (including phenoxy) is 2. The SMILES string of the molecule is COC(=O)N[C@H](C(=O)N1CCC[C@H]1c1nc2ccc(-c3ccc(-c4ccc(-c5c[nH+]c([C@@H]6CCCCN6C(=O)[C@@H](NC(=O)OC)C(C)C)[nH]5)c5ccccc45)c4c3CC3(CCCC3)C4)cc2c(=O)[nH]1)C(C)C. The second-order valence-electron chi connectivity index (χ2n) is 21.3. The van der Waals surface area contributed by atoms with Crippen LogP contribution in [0, 0.1) is 17.3 Å². The van der Waals surface area contributed by atoms with E-state index in [2.05, 4.69) is 80.2 Å². The molecule has 0 unspecified atom stereocenters. The Balaban J connectivity index is 0.972. The lowest BCUT2D eigenvalue weighted by Gasteiger charge is -2.36. The average molecular weight is 976 g/mol. The number of carbonyl (C=O) groups excluding carboxylic acids is 4. The summed E-state index contributed by atoms with van der Waals surface area (Å²) in [5.41, 5.74) is 9.76. The van der Waals surface area contributed by atoms with Crippen LogP contribution in [0.3, 0.4) is 0 Å². The summed E-state index contributed by atoms with van der Waals surface area (Å²) < 4.78 is 9.67. The highest BCUT2D eigenvalue weighted by Crippen LogP contribution is 2.54. The van der Waals surface area contributed by atoms with E-state index >= 15 is 0 Å². The van der Waals surface area contributed by atoms with Crippen LogP contribution in [0.4, 0.5) is 9.59 Å². The van der Waals surface area contributed by atoms with E-state index in [1.807, 2.05) is 50.9 Å². The Morgan fingerprint density at radius 2 is 1.26 bits per heavy atom. The molecule has 2 aliphatic heterocycles. The number of alkyl carbamates (subject to hydrolysis) is 2. The molecule has 15 heteroatoms. The molecule has 4 atom stereocenters. The fourth-order valence-corrected chi connectivity index (χ4v) is 12.4. The molecule has 3 fully saturated rings. The van der Waals surface area contributed by atoms with E-state index in [-0.39, 0.29) is 40.7 Å². The number of H-pyrrole nitrogens is 3. The lowest BCUT2D eigenvalue weighted by molar-refractivity contribution is -0.394. The van der Waals surface area contributed by atoms with Crippen molar-refractivity contribution in [3.8, 4) is 33.5 Å². The molecule has 6 aromatic rings. The Labute approximate surface area is 419 Å². The van der Waals surface area contributed by atoms with Crippen LogP contribution in [0.2, 0.25) is 0 Å². The summed E-state index contributed by atoms with van der Waals surface area (Å²) in [6.07, 6.45) is 11.6. The standard InChI is InChI=1S/C57H66N8O7/c1-32(2)48(61-55(69)71-5)53(67)64-26-12-9-16-46(64)50-58-31-45(60-50)40-22-21-38(36-14-7-8-15-37(36)40)39-20-19-35(42-29-57(30-43(39)42)24-10-11-25-57)34-18-23-44-41(28-34)52(66)63-51(59-44)47-17-13-27-65(47)54(68)49(33(3)4)62-56(70)72-6/h7-8,14-15,18-23,28,31-33,46-49H,9-13,16-17,24-27,29-30H2,1-6H3,(H,58,60)(H,61,69)(H,62,70)(H,59,63,66)/p+1/t46-,47-,48-,49-/m0/s1. The zero-order chi connectivity index (χ0) is 50.4. The van der Waals surface area contributed by atoms with Gasteiger partial charge in [0.2, 0.25) is 11.8 Å². The number of methoxy groups -OCH3 is 2. The molecular weight excluding hydrogens is 909 g/mol. The molecule has 4 heterocycles. The zero-order valence-electron chi connectivity index (χ0n) is 42.3. The number of hydrogen-bond donors (Lipinski definition) is 4. The van der Waals surface area contributed by atoms with Crippen LogP contribution in [0.15, 0.2) is 77.7 Å². The number of carbonyl (C=O) groups is 4. The predicted octanol–water partition coefficient (Wildman–Crippen LogP) is 9.36. The van der Waals surface area contributed by atoms with Gasteiger partial charge in [0.05, 0.1) is 31.2 Å². The maximum Gasteiger partial charge on any atom is 0.407 e. The number of nitrogens with one attached hydrogen (secondary N) is 5. The summed E-state index contributed by atoms with van der Waals surface area (Å²) in [5, 5.41) is 8.23. The number of aromatic amines is 3. The molecule has 15 nitrogen and oxygen atoms in total. The Morgan fingerprint density at radius 3 is 1.93 bits per heavy atom. The number of amides is 4. The molecule has 376 valence electrons. The molecule has 72 heavy (non-hydrogen) atoms. The number of imidazole rings is 1. The van der Waals surface area contributed by atoms with Crippen LogP contribution >= 0.6 is 0 Å². The monoisotopic (exact) mass is 976 g/mol. The number of fused-ring (bicyclic) bond motifs is 3. The van der Waals surface area contributed by atoms with Crippen molar-refractivity contribution >= 4 is 45.7 Å². The molecule has 1 spiro atoms. The van der Waals surface area contributed by atoms with Crippen molar-refractivity contribution in [1.82, 2.24) is 35.4 Å². The minimum absolute atomic E-state index is 0.117. The Bertz CT molecular complexity index is 3130. The van der Waals surface area contributed by atoms with Gasteiger partial charge < -0.3 is 34.9 Å². The third-order valence-electron chi connectivity index (χ3n) is 16.1. The lowest BCUT2D eigenvalue weighted by atomic mass is 9.82. The maximum atomic E-state index is 14.1. The van der Waals surface area contributed by atoms with E-state index in [9.17, 15) is 24.0 Å². The summed E-state index contributed by atoms with van der Waals surface area (Å²) in [6.45, 7) is 8.71. The Kier molecular flexibility index (Phi) is 13.4. The largest absolute Gasteiger partial charge is 0.453 e. The summed E-state index contributed by atoms with van der Waals surface area (Å²) in [5.74, 6) is 0.662. The van der Waals surface area contributed by atoms with Crippen LogP contribution in [0.1, 0.15) is 120 Å². The highest BCUT2D eigenvalue weighted by atomic mass is 16.5. The quantitative estimate of drug-likeness (QED) is 0.0987. The van der Waals surface area contributed by atoms with E-state index in [0.29, 0.717) is 36.2 Å². The average Bonchev–Trinajstić information content (AvgIpc) is 4.24. The van der Waals surface area contributed by atoms with Crippen molar-refractivity contribution in [2.24, 2.45) is 17.3 Å². The van der Waals surface area contributed by atoms with E-state index in [0.717, 1.165) is 77.5 Å². The fourth-order valence-electron chi connectivity index (χ4n) is 12.4. The van der Waals surface area contributed by atoms with E-state index < -0.39 is 30.3 Å². The third kappa shape index (κ3) is 8.99. The van der Waals surface area contributed by atoms with E-state index in [4.69, 9.17) is 14.5 Å². The first-order valence-electron chi connectivity index (χ1n) is 25.9. The predicted molar refractivity (Wildman–Crippen MR) is 276 cm³/mol. The van der Waals surface area contributed by atoms with Crippen LogP contribution in [0.25, 0.3) is 55.2 Å².